The standard InChI is InChI=1S/C21H16Cl2N2O3S.2ClH/c1-11-18(20(26)27)19(14-5-3-4-6-16(14)28-2)25-10-17(29-21(25)24-11)13-8-7-12(22)9-15(13)23;;/h3-10,19H,1-2H3,(H,26,27);2*1H/p-1. The molecule has 0 fully saturated rings. The predicted molar refractivity (Wildman–Crippen MR) is 129 cm³/mol. The van der Waals surface area contributed by atoms with Gasteiger partial charge in [-0.25, -0.2) is 4.99 Å². The Bertz CT molecular complexity index is 1120. The van der Waals surface area contributed by atoms with Gasteiger partial charge in [-0.2, -0.15) is 0 Å². The molecule has 0 amide bonds. The zero-order chi connectivity index (χ0) is 20.7. The molecule has 10 heteroatoms. The molecule has 5 nitrogen and oxygen atoms in total. The Hall–Kier alpha value is -1.83. The summed E-state index contributed by atoms with van der Waals surface area (Å²) < 4.78 is 5.49. The Labute approximate surface area is 206 Å². The molecule has 31 heavy (non-hydrogen) atoms. The largest absolute Gasteiger partial charge is 0.545 e. The SMILES string of the molecule is COc1ccccc1C1C(C(=O)[O-])=C(C)N=C2SC(c3ccc(Cl)cc3Cl)=CN21.Cl.Cl. The average molecular weight is 519 g/mol. The number of aliphatic imine (C=N–C) groups is 1. The van der Waals surface area contributed by atoms with Crippen LogP contribution in [0.1, 0.15) is 24.1 Å². The van der Waals surface area contributed by atoms with Crippen LogP contribution in [-0.2, 0) is 4.79 Å². The zero-order valence-electron chi connectivity index (χ0n) is 16.3. The van der Waals surface area contributed by atoms with Crippen LogP contribution in [0.5, 0.6) is 5.75 Å². The maximum absolute atomic E-state index is 12.0. The fourth-order valence-electron chi connectivity index (χ4n) is 3.44. The van der Waals surface area contributed by atoms with Gasteiger partial charge in [0.05, 0.1) is 24.1 Å². The molecule has 2 aliphatic heterocycles. The fourth-order valence-corrected chi connectivity index (χ4v) is 5.10. The van der Waals surface area contributed by atoms with E-state index in [9.17, 15) is 9.90 Å². The van der Waals surface area contributed by atoms with Crippen molar-refractivity contribution in [1.29, 1.82) is 0 Å². The highest BCUT2D eigenvalue weighted by Crippen LogP contribution is 2.48. The van der Waals surface area contributed by atoms with E-state index >= 15 is 0 Å². The molecule has 164 valence electrons. The number of rotatable bonds is 4. The minimum Gasteiger partial charge on any atom is -0.545 e. The maximum Gasteiger partial charge on any atom is 0.173 e. The van der Waals surface area contributed by atoms with Crippen molar-refractivity contribution in [2.24, 2.45) is 4.99 Å². The number of carbonyl (C=O) groups is 1. The van der Waals surface area contributed by atoms with Gasteiger partial charge in [0.1, 0.15) is 5.75 Å². The summed E-state index contributed by atoms with van der Waals surface area (Å²) in [5.74, 6) is -0.681. The van der Waals surface area contributed by atoms with Gasteiger partial charge in [-0.3, -0.25) is 0 Å². The molecule has 2 aliphatic rings. The number of amidine groups is 1. The lowest BCUT2D eigenvalue weighted by atomic mass is 9.94. The second-order valence-corrected chi connectivity index (χ2v) is 8.30. The van der Waals surface area contributed by atoms with Crippen molar-refractivity contribution in [2.45, 2.75) is 13.0 Å². The van der Waals surface area contributed by atoms with Crippen molar-refractivity contribution in [2.75, 3.05) is 7.11 Å². The lowest BCUT2D eigenvalue weighted by Gasteiger charge is -2.35. The Morgan fingerprint density at radius 2 is 1.90 bits per heavy atom. The molecule has 2 aromatic carbocycles. The summed E-state index contributed by atoms with van der Waals surface area (Å²) in [6.45, 7) is 1.67. The van der Waals surface area contributed by atoms with Crippen molar-refractivity contribution in [3.05, 3.63) is 81.1 Å². The Balaban J connectivity index is 0.00000171. The predicted octanol–water partition coefficient (Wildman–Crippen LogP) is 5.33. The van der Waals surface area contributed by atoms with E-state index in [1.165, 1.54) is 11.8 Å². The van der Waals surface area contributed by atoms with Crippen molar-refractivity contribution >= 4 is 75.8 Å². The first-order valence-electron chi connectivity index (χ1n) is 8.68. The third-order valence-corrected chi connectivity index (χ3v) is 6.31. The number of para-hydroxylation sites is 1. The summed E-state index contributed by atoms with van der Waals surface area (Å²) >= 11 is 13.8. The average Bonchev–Trinajstić information content (AvgIpc) is 3.09. The first-order valence-corrected chi connectivity index (χ1v) is 10.2. The van der Waals surface area contributed by atoms with Crippen LogP contribution >= 0.6 is 59.8 Å². The number of fused-ring (bicyclic) bond motifs is 1. The van der Waals surface area contributed by atoms with Crippen LogP contribution < -0.4 is 9.84 Å². The van der Waals surface area contributed by atoms with E-state index < -0.39 is 12.0 Å². The Kier molecular flexibility index (Phi) is 8.36. The van der Waals surface area contributed by atoms with E-state index in [-0.39, 0.29) is 30.4 Å². The molecule has 2 aromatic rings. The lowest BCUT2D eigenvalue weighted by Crippen LogP contribution is -2.38. The maximum atomic E-state index is 12.0. The number of benzene rings is 2. The molecule has 2 heterocycles. The van der Waals surface area contributed by atoms with Gasteiger partial charge >= 0.3 is 0 Å². The second kappa shape index (κ2) is 10.2. The number of methoxy groups -OCH3 is 1. The number of carbonyl (C=O) groups excluding carboxylic acids is 1. The van der Waals surface area contributed by atoms with E-state index in [0.29, 0.717) is 32.2 Å². The Morgan fingerprint density at radius 1 is 1.19 bits per heavy atom. The monoisotopic (exact) mass is 517 g/mol. The third-order valence-electron chi connectivity index (χ3n) is 4.73. The number of hydrogen-bond donors (Lipinski definition) is 0. The summed E-state index contributed by atoms with van der Waals surface area (Å²) in [4.78, 5) is 19.2. The van der Waals surface area contributed by atoms with Crippen LogP contribution in [0.3, 0.4) is 0 Å². The summed E-state index contributed by atoms with van der Waals surface area (Å²) in [6.07, 6.45) is 1.85. The van der Waals surface area contributed by atoms with Crippen molar-refractivity contribution in [3.8, 4) is 5.75 Å². The summed E-state index contributed by atoms with van der Waals surface area (Å²) in [5.41, 5.74) is 2.00. The van der Waals surface area contributed by atoms with E-state index in [4.69, 9.17) is 27.9 Å². The zero-order valence-corrected chi connectivity index (χ0v) is 20.3. The van der Waals surface area contributed by atoms with Crippen molar-refractivity contribution in [1.82, 2.24) is 4.90 Å². The summed E-state index contributed by atoms with van der Waals surface area (Å²) in [5, 5.41) is 13.7. The van der Waals surface area contributed by atoms with Crippen LogP contribution in [0, 0.1) is 0 Å². The van der Waals surface area contributed by atoms with E-state index in [2.05, 4.69) is 4.99 Å². The molecule has 0 N–H and O–H groups in total. The van der Waals surface area contributed by atoms with Gasteiger partial charge in [0.15, 0.2) is 5.17 Å². The molecular weight excluding hydrogens is 502 g/mol. The van der Waals surface area contributed by atoms with Gasteiger partial charge in [-0.1, -0.05) is 47.5 Å². The van der Waals surface area contributed by atoms with Gasteiger partial charge in [-0.15, -0.1) is 24.8 Å². The molecule has 0 saturated carbocycles. The minimum atomic E-state index is -1.27. The minimum absolute atomic E-state index is 0. The number of aliphatic carboxylic acids is 1. The molecule has 0 bridgehead atoms. The molecule has 0 aliphatic carbocycles. The second-order valence-electron chi connectivity index (χ2n) is 6.45. The highest BCUT2D eigenvalue weighted by atomic mass is 35.5. The number of allylic oxidation sites excluding steroid dienone is 1. The van der Waals surface area contributed by atoms with Gasteiger partial charge < -0.3 is 19.5 Å². The van der Waals surface area contributed by atoms with Gasteiger partial charge in [0.2, 0.25) is 0 Å². The Morgan fingerprint density at radius 3 is 2.55 bits per heavy atom. The molecule has 1 unspecified atom stereocenters. The summed E-state index contributed by atoms with van der Waals surface area (Å²) in [7, 11) is 1.55. The van der Waals surface area contributed by atoms with Gasteiger partial charge in [0, 0.05) is 38.5 Å². The van der Waals surface area contributed by atoms with Crippen molar-refractivity contribution in [3.63, 3.8) is 0 Å². The summed E-state index contributed by atoms with van der Waals surface area (Å²) in [6, 6.07) is 11.9. The lowest BCUT2D eigenvalue weighted by molar-refractivity contribution is -0.300. The number of hydrogen-bond acceptors (Lipinski definition) is 6. The third kappa shape index (κ3) is 4.69. The van der Waals surface area contributed by atoms with Gasteiger partial charge in [0.25, 0.3) is 0 Å². The van der Waals surface area contributed by atoms with E-state index in [1.807, 2.05) is 35.4 Å². The number of thioether (sulfide) groups is 1. The smallest absolute Gasteiger partial charge is 0.173 e. The number of halogens is 4. The molecule has 0 radical (unpaired) electrons. The number of ether oxygens (including phenoxy) is 1. The molecular formula is C21H17Cl4N2O3S-. The first kappa shape index (κ1) is 25.4. The molecule has 1 atom stereocenters. The van der Waals surface area contributed by atoms with Crippen LogP contribution in [0.25, 0.3) is 4.91 Å². The number of nitrogens with zero attached hydrogens (tertiary/aromatic N) is 2. The quantitative estimate of drug-likeness (QED) is 0.547. The van der Waals surface area contributed by atoms with E-state index in [0.717, 1.165) is 10.5 Å². The molecule has 0 spiro atoms. The van der Waals surface area contributed by atoms with Crippen LogP contribution in [0.15, 0.2) is 64.9 Å². The first-order chi connectivity index (χ1) is 13.9. The highest BCUT2D eigenvalue weighted by molar-refractivity contribution is 8.22. The number of carboxylic acid groups (broad SMARTS) is 1. The van der Waals surface area contributed by atoms with Crippen LogP contribution in [-0.4, -0.2) is 23.1 Å². The molecule has 0 saturated heterocycles. The topological polar surface area (TPSA) is 65.0 Å². The fraction of sp³-hybridized carbons (Fsp3) is 0.143. The van der Waals surface area contributed by atoms with Gasteiger partial charge in [-0.05, 0) is 36.9 Å². The van der Waals surface area contributed by atoms with Crippen LogP contribution in [0.4, 0.5) is 0 Å². The van der Waals surface area contributed by atoms with Crippen LogP contribution in [0.2, 0.25) is 10.0 Å². The normalized spacial score (nSPS) is 17.2. The molecule has 0 aromatic heterocycles. The number of carboxylic acids is 1. The molecule has 4 rings (SSSR count). The highest BCUT2D eigenvalue weighted by Gasteiger charge is 2.38. The van der Waals surface area contributed by atoms with Crippen molar-refractivity contribution < 1.29 is 14.6 Å². The van der Waals surface area contributed by atoms with E-state index in [1.54, 1.807) is 32.2 Å².